The molecule has 0 radical (unpaired) electrons. The molecule has 0 saturated carbocycles. The summed E-state index contributed by atoms with van der Waals surface area (Å²) in [4.78, 5) is 0. The number of benzene rings is 1. The summed E-state index contributed by atoms with van der Waals surface area (Å²) in [7, 11) is 0. The highest BCUT2D eigenvalue weighted by Gasteiger charge is 1.91. The lowest BCUT2D eigenvalue weighted by molar-refractivity contribution is 1.41. The summed E-state index contributed by atoms with van der Waals surface area (Å²) < 4.78 is 2.29. The second kappa shape index (κ2) is 5.78. The third-order valence-electron chi connectivity index (χ3n) is 1.12. The summed E-state index contributed by atoms with van der Waals surface area (Å²) >= 11 is 6.78. The van der Waals surface area contributed by atoms with Gasteiger partial charge in [-0.2, -0.15) is 0 Å². The smallest absolute Gasteiger partial charge is 0.0205 e. The van der Waals surface area contributed by atoms with Crippen LogP contribution < -0.4 is 0 Å². The third-order valence-corrected chi connectivity index (χ3v) is 2.50. The first-order valence-electron chi connectivity index (χ1n) is 3.62. The van der Waals surface area contributed by atoms with Crippen LogP contribution in [0.1, 0.15) is 19.4 Å². The Balaban J connectivity index is 0.000000461. The zero-order chi connectivity index (χ0) is 8.85. The maximum Gasteiger partial charge on any atom is 0.0205 e. The molecule has 0 spiro atoms. The predicted molar refractivity (Wildman–Crippen MR) is 57.9 cm³/mol. The largest absolute Gasteiger partial charge is 0.0683 e. The average molecular weight is 280 g/mol. The molecule has 0 saturated heterocycles. The number of halogens is 2. The van der Waals surface area contributed by atoms with Crippen LogP contribution >= 0.6 is 31.9 Å². The predicted octanol–water partition coefficient (Wildman–Crippen LogP) is 4.55. The summed E-state index contributed by atoms with van der Waals surface area (Å²) in [5, 5.41) is 0. The van der Waals surface area contributed by atoms with Gasteiger partial charge in [-0.3, -0.25) is 0 Å². The molecule has 0 aliphatic rings. The van der Waals surface area contributed by atoms with Gasteiger partial charge in [-0.1, -0.05) is 45.7 Å². The SMILES string of the molecule is CC.Cc1cc(Br)ccc1Br. The highest BCUT2D eigenvalue weighted by atomic mass is 79.9. The summed E-state index contributed by atoms with van der Waals surface area (Å²) in [5.41, 5.74) is 1.25. The topological polar surface area (TPSA) is 0 Å². The highest BCUT2D eigenvalue weighted by Crippen LogP contribution is 2.19. The Morgan fingerprint density at radius 3 is 2.00 bits per heavy atom. The molecule has 11 heavy (non-hydrogen) atoms. The lowest BCUT2D eigenvalue weighted by Crippen LogP contribution is -1.72. The van der Waals surface area contributed by atoms with Crippen molar-refractivity contribution in [1.29, 1.82) is 0 Å². The zero-order valence-corrected chi connectivity index (χ0v) is 10.2. The second-order valence-electron chi connectivity index (χ2n) is 1.89. The van der Waals surface area contributed by atoms with Gasteiger partial charge in [0.05, 0.1) is 0 Å². The van der Waals surface area contributed by atoms with E-state index in [-0.39, 0.29) is 0 Å². The Morgan fingerprint density at radius 1 is 1.09 bits per heavy atom. The zero-order valence-electron chi connectivity index (χ0n) is 6.99. The third kappa shape index (κ3) is 3.92. The van der Waals surface area contributed by atoms with Crippen molar-refractivity contribution >= 4 is 31.9 Å². The van der Waals surface area contributed by atoms with Gasteiger partial charge < -0.3 is 0 Å². The van der Waals surface area contributed by atoms with Crippen molar-refractivity contribution < 1.29 is 0 Å². The van der Waals surface area contributed by atoms with E-state index in [0.29, 0.717) is 0 Å². The Hall–Kier alpha value is 0.180. The maximum absolute atomic E-state index is 3.41. The molecule has 0 aliphatic heterocycles. The van der Waals surface area contributed by atoms with Crippen LogP contribution in [0.25, 0.3) is 0 Å². The molecular weight excluding hydrogens is 268 g/mol. The molecule has 1 aromatic carbocycles. The van der Waals surface area contributed by atoms with Crippen LogP contribution in [0, 0.1) is 6.92 Å². The monoisotopic (exact) mass is 278 g/mol. The minimum atomic E-state index is 1.13. The van der Waals surface area contributed by atoms with Gasteiger partial charge in [0, 0.05) is 8.95 Å². The standard InChI is InChI=1S/C7H6Br2.C2H6/c1-5-4-6(8)2-3-7(5)9;1-2/h2-4H,1H3;1-2H3. The lowest BCUT2D eigenvalue weighted by atomic mass is 10.2. The molecule has 0 fully saturated rings. The highest BCUT2D eigenvalue weighted by molar-refractivity contribution is 9.11. The fourth-order valence-electron chi connectivity index (χ4n) is 0.608. The van der Waals surface area contributed by atoms with E-state index in [1.54, 1.807) is 0 Å². The second-order valence-corrected chi connectivity index (χ2v) is 3.66. The summed E-state index contributed by atoms with van der Waals surface area (Å²) in [6.45, 7) is 6.06. The summed E-state index contributed by atoms with van der Waals surface area (Å²) in [6.07, 6.45) is 0. The van der Waals surface area contributed by atoms with E-state index < -0.39 is 0 Å². The molecule has 62 valence electrons. The fourth-order valence-corrected chi connectivity index (χ4v) is 1.33. The molecule has 1 rings (SSSR count). The van der Waals surface area contributed by atoms with Crippen molar-refractivity contribution in [3.05, 3.63) is 32.7 Å². The van der Waals surface area contributed by atoms with Gasteiger partial charge in [0.1, 0.15) is 0 Å². The molecular formula is C9H12Br2. The van der Waals surface area contributed by atoms with Crippen LogP contribution in [0.3, 0.4) is 0 Å². The maximum atomic E-state index is 3.41. The van der Waals surface area contributed by atoms with Gasteiger partial charge in [-0.05, 0) is 30.7 Å². The molecule has 0 atom stereocenters. The molecule has 0 bridgehead atoms. The van der Waals surface area contributed by atoms with E-state index >= 15 is 0 Å². The van der Waals surface area contributed by atoms with Crippen molar-refractivity contribution in [1.82, 2.24) is 0 Å². The molecule has 0 aromatic heterocycles. The molecule has 1 aromatic rings. The van der Waals surface area contributed by atoms with Gasteiger partial charge in [0.25, 0.3) is 0 Å². The van der Waals surface area contributed by atoms with Crippen LogP contribution in [0.4, 0.5) is 0 Å². The Kier molecular flexibility index (Phi) is 5.88. The summed E-state index contributed by atoms with van der Waals surface area (Å²) in [5.74, 6) is 0. The molecule has 0 heterocycles. The first kappa shape index (κ1) is 11.2. The van der Waals surface area contributed by atoms with E-state index in [1.807, 2.05) is 26.0 Å². The molecule has 2 heteroatoms. The Bertz CT molecular complexity index is 219. The van der Waals surface area contributed by atoms with Crippen LogP contribution in [-0.2, 0) is 0 Å². The van der Waals surface area contributed by atoms with E-state index in [1.165, 1.54) is 5.56 Å². The van der Waals surface area contributed by atoms with Crippen molar-refractivity contribution in [3.63, 3.8) is 0 Å². The first-order chi connectivity index (χ1) is 5.20. The lowest BCUT2D eigenvalue weighted by Gasteiger charge is -1.95. The summed E-state index contributed by atoms with van der Waals surface area (Å²) in [6, 6.07) is 6.11. The first-order valence-corrected chi connectivity index (χ1v) is 5.20. The average Bonchev–Trinajstić information content (AvgIpc) is 2.02. The molecule has 0 unspecified atom stereocenters. The van der Waals surface area contributed by atoms with E-state index in [2.05, 4.69) is 44.8 Å². The minimum Gasteiger partial charge on any atom is -0.0683 e. The number of rotatable bonds is 0. The van der Waals surface area contributed by atoms with E-state index in [9.17, 15) is 0 Å². The van der Waals surface area contributed by atoms with Crippen LogP contribution in [-0.4, -0.2) is 0 Å². The van der Waals surface area contributed by atoms with Gasteiger partial charge in [-0.15, -0.1) is 0 Å². The molecule has 0 aliphatic carbocycles. The van der Waals surface area contributed by atoms with E-state index in [4.69, 9.17) is 0 Å². The molecule has 0 amide bonds. The van der Waals surface area contributed by atoms with Crippen molar-refractivity contribution in [3.8, 4) is 0 Å². The number of hydrogen-bond donors (Lipinski definition) is 0. The van der Waals surface area contributed by atoms with Crippen LogP contribution in [0.15, 0.2) is 27.1 Å². The van der Waals surface area contributed by atoms with Crippen LogP contribution in [0.2, 0.25) is 0 Å². The minimum absolute atomic E-state index is 1.13. The van der Waals surface area contributed by atoms with Gasteiger partial charge >= 0.3 is 0 Å². The van der Waals surface area contributed by atoms with Gasteiger partial charge in [0.2, 0.25) is 0 Å². The van der Waals surface area contributed by atoms with Crippen molar-refractivity contribution in [2.24, 2.45) is 0 Å². The van der Waals surface area contributed by atoms with Crippen LogP contribution in [0.5, 0.6) is 0 Å². The molecule has 0 N–H and O–H groups in total. The Labute approximate surface area is 85.3 Å². The van der Waals surface area contributed by atoms with Gasteiger partial charge in [0.15, 0.2) is 0 Å². The number of hydrogen-bond acceptors (Lipinski definition) is 0. The fraction of sp³-hybridized carbons (Fsp3) is 0.333. The number of aryl methyl sites for hydroxylation is 1. The van der Waals surface area contributed by atoms with Gasteiger partial charge in [-0.25, -0.2) is 0 Å². The normalized spacial score (nSPS) is 8.45. The quantitative estimate of drug-likeness (QED) is 0.654. The van der Waals surface area contributed by atoms with Crippen molar-refractivity contribution in [2.45, 2.75) is 20.8 Å². The Morgan fingerprint density at radius 2 is 1.64 bits per heavy atom. The molecule has 0 nitrogen and oxygen atoms in total. The van der Waals surface area contributed by atoms with E-state index in [0.717, 1.165) is 8.95 Å². The van der Waals surface area contributed by atoms with Crippen molar-refractivity contribution in [2.75, 3.05) is 0 Å².